The average molecular weight is 1480 g/mol. The summed E-state index contributed by atoms with van der Waals surface area (Å²) in [5.74, 6) is 6.41. The molecule has 0 radical (unpaired) electrons. The van der Waals surface area contributed by atoms with Crippen LogP contribution in [0.1, 0.15) is 310 Å². The topological polar surface area (TPSA) is 249 Å². The van der Waals surface area contributed by atoms with Gasteiger partial charge in [0.15, 0.2) is 17.1 Å². The van der Waals surface area contributed by atoms with Gasteiger partial charge in [0.25, 0.3) is 27.9 Å². The van der Waals surface area contributed by atoms with Crippen molar-refractivity contribution in [3.63, 3.8) is 0 Å². The zero-order valence-electron chi connectivity index (χ0n) is 64.7. The van der Waals surface area contributed by atoms with Gasteiger partial charge in [0.1, 0.15) is 6.10 Å². The molecule has 13 fully saturated rings. The number of urea groups is 1. The van der Waals surface area contributed by atoms with Gasteiger partial charge < -0.3 is 26.0 Å². The van der Waals surface area contributed by atoms with Crippen LogP contribution in [0.15, 0.2) is 30.3 Å². The van der Waals surface area contributed by atoms with E-state index in [1.54, 1.807) is 19.0 Å². The summed E-state index contributed by atoms with van der Waals surface area (Å²) in [5.41, 5.74) is 9.54. The number of para-hydroxylation sites is 1. The summed E-state index contributed by atoms with van der Waals surface area (Å²) < 4.78 is 41.2. The molecule has 6 unspecified atom stereocenters. The van der Waals surface area contributed by atoms with Gasteiger partial charge in [-0.05, 0) is 250 Å². The number of aromatic nitrogens is 6. The maximum atomic E-state index is 13.9. The third-order valence-corrected chi connectivity index (χ3v) is 31.3. The normalized spacial score (nSPS) is 33.3. The predicted octanol–water partition coefficient (Wildman–Crippen LogP) is 13.6. The summed E-state index contributed by atoms with van der Waals surface area (Å²) in [6, 6.07) is 11.3. The fourth-order valence-electron chi connectivity index (χ4n) is 24.9. The molecule has 21 nitrogen and oxygen atoms in total. The molecule has 5 N–H and O–H groups in total. The number of ether oxygens (including phenoxy) is 1. The summed E-state index contributed by atoms with van der Waals surface area (Å²) in [5, 5.41) is 28.7. The van der Waals surface area contributed by atoms with Crippen molar-refractivity contribution in [2.75, 3.05) is 26.0 Å². The van der Waals surface area contributed by atoms with Crippen LogP contribution in [0.4, 0.5) is 10.5 Å². The first-order valence-corrected chi connectivity index (χ1v) is 43.6. The molecule has 3 heterocycles. The van der Waals surface area contributed by atoms with E-state index in [2.05, 4.69) is 60.8 Å². The van der Waals surface area contributed by atoms with Gasteiger partial charge in [-0.3, -0.25) is 38.1 Å². The van der Waals surface area contributed by atoms with E-state index in [0.29, 0.717) is 90.1 Å². The second-order valence-electron chi connectivity index (χ2n) is 37.3. The third-order valence-electron chi connectivity index (χ3n) is 29.8. The Morgan fingerprint density at radius 2 is 0.915 bits per heavy atom. The molecule has 0 spiro atoms. The molecule has 4 aromatic rings. The molecule has 22 heteroatoms. The second-order valence-corrected chi connectivity index (χ2v) is 39.2. The van der Waals surface area contributed by atoms with Gasteiger partial charge >= 0.3 is 12.0 Å². The number of nitrogens with one attached hydrogen (secondary N) is 5. The number of carbonyl (C=O) groups is 5. The molecule has 106 heavy (non-hydrogen) atoms. The number of anilines is 1. The van der Waals surface area contributed by atoms with Crippen LogP contribution in [0, 0.1) is 64.1 Å². The Morgan fingerprint density at radius 1 is 0.500 bits per heavy atom. The Bertz CT molecular complexity index is 3950. The van der Waals surface area contributed by atoms with Crippen molar-refractivity contribution in [2.24, 2.45) is 64.1 Å². The van der Waals surface area contributed by atoms with Gasteiger partial charge in [-0.15, -0.1) is 0 Å². The summed E-state index contributed by atoms with van der Waals surface area (Å²) >= 11 is 0. The number of hydrogen-bond acceptors (Lipinski definition) is 11. The highest BCUT2D eigenvalue weighted by molar-refractivity contribution is 7.87. The molecule has 16 aliphatic rings. The van der Waals surface area contributed by atoms with Crippen molar-refractivity contribution < 1.29 is 37.1 Å². The first-order chi connectivity index (χ1) is 51.0. The molecular weight excluding hydrogens is 1350 g/mol. The Morgan fingerprint density at radius 3 is 1.34 bits per heavy atom. The Labute approximate surface area is 630 Å². The van der Waals surface area contributed by atoms with Crippen molar-refractivity contribution in [3.8, 4) is 0 Å². The molecule has 3 aromatic heterocycles. The predicted molar refractivity (Wildman–Crippen MR) is 408 cm³/mol. The minimum Gasteiger partial charge on any atom is -0.462 e. The zero-order valence-corrected chi connectivity index (χ0v) is 65.5. The average Bonchev–Trinajstić information content (AvgIpc) is 1.54. The number of hydrogen-bond donors (Lipinski definition) is 5. The van der Waals surface area contributed by atoms with Crippen LogP contribution >= 0.6 is 0 Å². The van der Waals surface area contributed by atoms with Crippen molar-refractivity contribution in [1.29, 1.82) is 0 Å². The van der Waals surface area contributed by atoms with Crippen molar-refractivity contribution in [2.45, 2.75) is 320 Å². The van der Waals surface area contributed by atoms with Crippen LogP contribution < -0.4 is 30.9 Å². The third kappa shape index (κ3) is 14.8. The SMILES string of the molecule is CC(=O)OC1CCc2c(c(C(=O)NC3C4(C)CCC(C4)C3(C)C)nn2C2CCCCC2)C1.CN(C(=O)NC1CCc2c(c(C(=O)NC3C4CC5CC(C4)CC3C5)nn2C2CCCCC2)C1)c1ccccc1.CN(C)S(=O)(=O)NC1CCc2c(c(C(=O)NC3C4CC5CC(C4)CC3C5)nn2C2CCCCC2)C1. The zero-order chi connectivity index (χ0) is 73.5. The number of benzene rings is 1. The van der Waals surface area contributed by atoms with Crippen LogP contribution in [0.2, 0.25) is 0 Å². The molecule has 13 saturated carbocycles. The highest BCUT2D eigenvalue weighted by Gasteiger charge is 2.60. The van der Waals surface area contributed by atoms with Crippen molar-refractivity contribution in [1.82, 2.24) is 59.6 Å². The quantitative estimate of drug-likeness (QED) is 0.0700. The van der Waals surface area contributed by atoms with Gasteiger partial charge in [-0.2, -0.15) is 32.7 Å². The molecular formula is C84H123N13O8S. The number of carbonyl (C=O) groups excluding carboxylic acids is 5. The maximum Gasteiger partial charge on any atom is 0.321 e. The van der Waals surface area contributed by atoms with Crippen LogP contribution in [0.5, 0.6) is 0 Å². The van der Waals surface area contributed by atoms with E-state index in [4.69, 9.17) is 20.0 Å². The lowest BCUT2D eigenvalue weighted by Crippen LogP contribution is -2.56. The van der Waals surface area contributed by atoms with Crippen LogP contribution in [0.3, 0.4) is 0 Å². The lowest BCUT2D eigenvalue weighted by molar-refractivity contribution is -0.146. The molecule has 10 bridgehead atoms. The van der Waals surface area contributed by atoms with E-state index < -0.39 is 10.2 Å². The second kappa shape index (κ2) is 30.3. The van der Waals surface area contributed by atoms with Gasteiger partial charge in [0, 0.05) is 104 Å². The fourth-order valence-corrected chi connectivity index (χ4v) is 25.7. The number of rotatable bonds is 15. The number of fused-ring (bicyclic) bond motifs is 5. The molecule has 0 aliphatic heterocycles. The van der Waals surface area contributed by atoms with E-state index in [-0.39, 0.29) is 70.8 Å². The summed E-state index contributed by atoms with van der Waals surface area (Å²) in [7, 11) is 1.37. The van der Waals surface area contributed by atoms with Crippen molar-refractivity contribution in [3.05, 3.63) is 81.2 Å². The monoisotopic (exact) mass is 1470 g/mol. The lowest BCUT2D eigenvalue weighted by Gasteiger charge is -2.54. The molecule has 578 valence electrons. The van der Waals surface area contributed by atoms with Crippen molar-refractivity contribution >= 4 is 45.6 Å². The van der Waals surface area contributed by atoms with E-state index in [0.717, 1.165) is 129 Å². The summed E-state index contributed by atoms with van der Waals surface area (Å²) in [4.78, 5) is 67.8. The van der Waals surface area contributed by atoms with Gasteiger partial charge in [0.2, 0.25) is 0 Å². The summed E-state index contributed by atoms with van der Waals surface area (Å²) in [6.07, 6.45) is 41.1. The van der Waals surface area contributed by atoms with Gasteiger partial charge in [-0.1, -0.05) is 96.8 Å². The molecule has 1 aromatic carbocycles. The minimum absolute atomic E-state index is 0.00658. The summed E-state index contributed by atoms with van der Waals surface area (Å²) in [6.45, 7) is 8.45. The largest absolute Gasteiger partial charge is 0.462 e. The van der Waals surface area contributed by atoms with E-state index in [1.807, 2.05) is 37.4 Å². The van der Waals surface area contributed by atoms with E-state index in [9.17, 15) is 32.4 Å². The van der Waals surface area contributed by atoms with Crippen LogP contribution in [-0.4, -0.2) is 129 Å². The van der Waals surface area contributed by atoms with Crippen LogP contribution in [0.25, 0.3) is 0 Å². The Balaban J connectivity index is 0.000000123. The number of nitrogens with zero attached hydrogens (tertiary/aromatic N) is 8. The first kappa shape index (κ1) is 74.0. The van der Waals surface area contributed by atoms with Crippen LogP contribution in [-0.2, 0) is 58.3 Å². The van der Waals surface area contributed by atoms with E-state index in [1.165, 1.54) is 164 Å². The van der Waals surface area contributed by atoms with Gasteiger partial charge in [-0.25, -0.2) is 4.79 Å². The minimum atomic E-state index is -3.53. The standard InChI is InChI=1S/C32H43N5O2.C26H41N5O3S.C26H39N3O3/c1-36(25-8-4-2-5-9-25)32(39)33-24-12-13-28-27(19-24)30(35-37(28)26-10-6-3-7-11-26)31(38)34-29-22-15-20-14-21(17-22)18-23(29)16-20;1-30(2)35(33,34)29-20-8-9-23-22(15-20)25(28-31(23)21-6-4-3-5-7-21)26(32)27-24-18-11-16-10-17(13-18)14-19(24)12-16;1-16(30)32-19-10-11-21-20(14-19)22(28-29(21)18-8-6-5-7-9-18)23(31)27-24-25(2,3)17-12-13-26(24,4)15-17/h2,4-5,8-9,20-24,26,29H,3,6-7,10-19H2,1H3,(H,33,39)(H,34,38);16-21,24,29H,3-15H2,1-2H3,(H,27,32);17-19,24H,5-15H2,1-4H3,(H,27,31). The molecule has 0 saturated heterocycles. The lowest BCUT2D eigenvalue weighted by atomic mass is 9.54. The first-order valence-electron chi connectivity index (χ1n) is 42.2. The maximum absolute atomic E-state index is 13.9. The van der Waals surface area contributed by atoms with Gasteiger partial charge in [0.05, 0.1) is 18.1 Å². The molecule has 20 rings (SSSR count). The molecule has 5 amide bonds. The molecule has 6 atom stereocenters. The Kier molecular flexibility index (Phi) is 21.1. The fraction of sp³-hybridized carbons (Fsp3) is 0.762. The number of esters is 1. The number of amides is 5. The Hall–Kier alpha value is -6.13. The highest BCUT2D eigenvalue weighted by Crippen LogP contribution is 2.63. The van der Waals surface area contributed by atoms with E-state index >= 15 is 0 Å². The highest BCUT2D eigenvalue weighted by atomic mass is 32.2. The smallest absolute Gasteiger partial charge is 0.321 e. The molecule has 16 aliphatic carbocycles.